The predicted octanol–water partition coefficient (Wildman–Crippen LogP) is 4.24. The van der Waals surface area contributed by atoms with Gasteiger partial charge in [-0.25, -0.2) is 4.79 Å². The normalized spacial score (nSPS) is 16.8. The molecular weight excluding hydrogens is 414 g/mol. The van der Waals surface area contributed by atoms with Crippen LogP contribution in [0.4, 0.5) is 5.00 Å². The third-order valence-electron chi connectivity index (χ3n) is 5.97. The predicted molar refractivity (Wildman–Crippen MR) is 127 cm³/mol. The molecule has 2 heterocycles. The Kier molecular flexibility index (Phi) is 6.71. The van der Waals surface area contributed by atoms with Gasteiger partial charge in [-0.15, -0.1) is 11.3 Å². The quantitative estimate of drug-likeness (QED) is 0.563. The number of esters is 1. The summed E-state index contributed by atoms with van der Waals surface area (Å²) < 4.78 is 5.07. The molecule has 1 aliphatic carbocycles. The van der Waals surface area contributed by atoms with Gasteiger partial charge in [0, 0.05) is 37.6 Å². The first-order valence-electron chi connectivity index (χ1n) is 10.6. The van der Waals surface area contributed by atoms with Crippen molar-refractivity contribution in [2.45, 2.75) is 39.2 Å². The monoisotopic (exact) mass is 443 g/mol. The summed E-state index contributed by atoms with van der Waals surface area (Å²) in [6.07, 6.45) is 4.29. The number of carbonyl (C=O) groups is 1. The Bertz CT molecular complexity index is 915. The van der Waals surface area contributed by atoms with Gasteiger partial charge >= 0.3 is 5.97 Å². The number of fused-ring (bicyclic) bond motifs is 1. The van der Waals surface area contributed by atoms with Gasteiger partial charge in [-0.2, -0.15) is 0 Å². The average Bonchev–Trinajstić information content (AvgIpc) is 3.13. The number of carbonyl (C=O) groups excluding carboxylic acids is 1. The Morgan fingerprint density at radius 1 is 1.13 bits per heavy atom. The summed E-state index contributed by atoms with van der Waals surface area (Å²) in [5.74, 6) is -0.261. The average molecular weight is 444 g/mol. The second-order valence-corrected chi connectivity index (χ2v) is 9.58. The lowest BCUT2D eigenvalue weighted by molar-refractivity contribution is 0.0601. The van der Waals surface area contributed by atoms with Crippen molar-refractivity contribution in [1.82, 2.24) is 9.80 Å². The molecule has 0 bridgehead atoms. The number of rotatable bonds is 4. The van der Waals surface area contributed by atoms with E-state index in [1.807, 2.05) is 0 Å². The van der Waals surface area contributed by atoms with Crippen molar-refractivity contribution in [2.75, 3.05) is 38.6 Å². The number of benzene rings is 1. The summed E-state index contributed by atoms with van der Waals surface area (Å²) in [5.41, 5.74) is 4.49. The number of methoxy groups -OCH3 is 1. The maximum absolute atomic E-state index is 12.4. The molecule has 2 aromatic rings. The first-order chi connectivity index (χ1) is 14.5. The van der Waals surface area contributed by atoms with Gasteiger partial charge in [-0.05, 0) is 56.0 Å². The Hall–Kier alpha value is -1.96. The Morgan fingerprint density at radius 2 is 1.83 bits per heavy atom. The first kappa shape index (κ1) is 21.3. The third-order valence-corrected chi connectivity index (χ3v) is 7.54. The van der Waals surface area contributed by atoms with Gasteiger partial charge in [0.2, 0.25) is 0 Å². The molecule has 1 N–H and O–H groups in total. The zero-order valence-electron chi connectivity index (χ0n) is 17.7. The highest BCUT2D eigenvalue weighted by Gasteiger charge is 2.27. The van der Waals surface area contributed by atoms with E-state index in [-0.39, 0.29) is 5.97 Å². The van der Waals surface area contributed by atoms with Crippen LogP contribution in [0.3, 0.4) is 0 Å². The van der Waals surface area contributed by atoms with E-state index < -0.39 is 0 Å². The minimum atomic E-state index is -0.261. The summed E-state index contributed by atoms with van der Waals surface area (Å²) in [6, 6.07) is 8.76. The number of nitrogens with zero attached hydrogens (tertiary/aromatic N) is 2. The maximum Gasteiger partial charge on any atom is 0.341 e. The SMILES string of the molecule is COC(=O)c1c(NC(=S)N2CCN(Cc3ccc(C)cc3)CC2)sc2c1CCCC2. The highest BCUT2D eigenvalue weighted by molar-refractivity contribution is 7.80. The maximum atomic E-state index is 12.4. The zero-order chi connectivity index (χ0) is 21.1. The lowest BCUT2D eigenvalue weighted by Gasteiger charge is -2.36. The molecule has 1 fully saturated rings. The second kappa shape index (κ2) is 9.45. The largest absolute Gasteiger partial charge is 0.465 e. The smallest absolute Gasteiger partial charge is 0.341 e. The number of nitrogens with one attached hydrogen (secondary N) is 1. The molecule has 0 atom stereocenters. The topological polar surface area (TPSA) is 44.8 Å². The van der Waals surface area contributed by atoms with Crippen LogP contribution in [-0.4, -0.2) is 54.2 Å². The van der Waals surface area contributed by atoms with Gasteiger partial charge < -0.3 is 15.0 Å². The minimum absolute atomic E-state index is 0.261. The van der Waals surface area contributed by atoms with E-state index in [9.17, 15) is 4.79 Å². The van der Waals surface area contributed by atoms with Crippen molar-refractivity contribution in [1.29, 1.82) is 0 Å². The Labute approximate surface area is 188 Å². The molecule has 1 aliphatic heterocycles. The number of ether oxygens (including phenoxy) is 1. The molecule has 160 valence electrons. The van der Waals surface area contributed by atoms with Gasteiger partial charge in [0.15, 0.2) is 5.11 Å². The van der Waals surface area contributed by atoms with Crippen LogP contribution >= 0.6 is 23.6 Å². The van der Waals surface area contributed by atoms with Gasteiger partial charge in [-0.1, -0.05) is 29.8 Å². The number of piperazine rings is 1. The van der Waals surface area contributed by atoms with E-state index in [1.54, 1.807) is 11.3 Å². The molecule has 30 heavy (non-hydrogen) atoms. The molecule has 0 radical (unpaired) electrons. The Balaban J connectivity index is 1.38. The van der Waals surface area contributed by atoms with E-state index in [4.69, 9.17) is 17.0 Å². The third kappa shape index (κ3) is 4.68. The lowest BCUT2D eigenvalue weighted by Crippen LogP contribution is -2.49. The number of anilines is 1. The van der Waals surface area contributed by atoms with Crippen molar-refractivity contribution in [3.63, 3.8) is 0 Å². The number of thiocarbonyl (C=S) groups is 1. The summed E-state index contributed by atoms with van der Waals surface area (Å²) in [7, 11) is 1.45. The molecule has 4 rings (SSSR count). The van der Waals surface area contributed by atoms with Gasteiger partial charge in [0.25, 0.3) is 0 Å². The van der Waals surface area contributed by atoms with Crippen molar-refractivity contribution in [3.05, 3.63) is 51.4 Å². The molecule has 1 aromatic heterocycles. The molecule has 0 amide bonds. The van der Waals surface area contributed by atoms with Crippen molar-refractivity contribution < 1.29 is 9.53 Å². The highest BCUT2D eigenvalue weighted by atomic mass is 32.1. The van der Waals surface area contributed by atoms with Gasteiger partial charge in [0.1, 0.15) is 5.00 Å². The summed E-state index contributed by atoms with van der Waals surface area (Å²) in [6.45, 7) is 6.80. The van der Waals surface area contributed by atoms with Crippen LogP contribution in [-0.2, 0) is 24.1 Å². The van der Waals surface area contributed by atoms with Crippen molar-refractivity contribution >= 4 is 39.6 Å². The molecule has 2 aliphatic rings. The van der Waals surface area contributed by atoms with Crippen LogP contribution in [0.15, 0.2) is 24.3 Å². The van der Waals surface area contributed by atoms with Crippen LogP contribution in [0.2, 0.25) is 0 Å². The number of hydrogen-bond acceptors (Lipinski definition) is 5. The van der Waals surface area contributed by atoms with E-state index in [2.05, 4.69) is 46.3 Å². The van der Waals surface area contributed by atoms with Crippen LogP contribution in [0.1, 0.15) is 44.8 Å². The molecular formula is C23H29N3O2S2. The first-order valence-corrected chi connectivity index (χ1v) is 11.8. The van der Waals surface area contributed by atoms with E-state index >= 15 is 0 Å². The molecule has 1 saturated heterocycles. The number of hydrogen-bond donors (Lipinski definition) is 1. The summed E-state index contributed by atoms with van der Waals surface area (Å²) in [5, 5.41) is 4.93. The van der Waals surface area contributed by atoms with Crippen molar-refractivity contribution in [3.8, 4) is 0 Å². The minimum Gasteiger partial charge on any atom is -0.465 e. The molecule has 0 unspecified atom stereocenters. The molecule has 1 aromatic carbocycles. The van der Waals surface area contributed by atoms with Crippen LogP contribution in [0.25, 0.3) is 0 Å². The van der Waals surface area contributed by atoms with Gasteiger partial charge in [0.05, 0.1) is 12.7 Å². The fraction of sp³-hybridized carbons (Fsp3) is 0.478. The second-order valence-electron chi connectivity index (χ2n) is 8.09. The highest BCUT2D eigenvalue weighted by Crippen LogP contribution is 2.38. The number of thiophene rings is 1. The van der Waals surface area contributed by atoms with E-state index in [1.165, 1.54) is 29.5 Å². The fourth-order valence-electron chi connectivity index (χ4n) is 4.21. The standard InChI is InChI=1S/C23H29N3O2S2/c1-16-7-9-17(10-8-16)15-25-11-13-26(14-12-25)23(29)24-21-20(22(27)28-2)18-5-3-4-6-19(18)30-21/h7-10H,3-6,11-15H2,1-2H3,(H,24,29). The molecule has 0 saturated carbocycles. The van der Waals surface area contributed by atoms with E-state index in [0.717, 1.165) is 62.6 Å². The van der Waals surface area contributed by atoms with Crippen LogP contribution in [0, 0.1) is 6.92 Å². The Morgan fingerprint density at radius 3 is 2.53 bits per heavy atom. The number of aryl methyl sites for hydroxylation is 2. The lowest BCUT2D eigenvalue weighted by atomic mass is 9.95. The zero-order valence-corrected chi connectivity index (χ0v) is 19.3. The molecule has 0 spiro atoms. The van der Waals surface area contributed by atoms with Crippen LogP contribution in [0.5, 0.6) is 0 Å². The summed E-state index contributed by atoms with van der Waals surface area (Å²) in [4.78, 5) is 18.4. The fourth-order valence-corrected chi connectivity index (χ4v) is 5.83. The summed E-state index contributed by atoms with van der Waals surface area (Å²) >= 11 is 7.38. The van der Waals surface area contributed by atoms with Gasteiger partial charge in [-0.3, -0.25) is 4.90 Å². The van der Waals surface area contributed by atoms with Crippen molar-refractivity contribution in [2.24, 2.45) is 0 Å². The molecule has 7 heteroatoms. The molecule has 5 nitrogen and oxygen atoms in total. The van der Waals surface area contributed by atoms with Crippen LogP contribution < -0.4 is 5.32 Å². The van der Waals surface area contributed by atoms with E-state index in [0.29, 0.717) is 10.7 Å².